The van der Waals surface area contributed by atoms with Gasteiger partial charge in [0.1, 0.15) is 5.65 Å². The minimum absolute atomic E-state index is 0.0970. The number of nitrogens with zero attached hydrogens (tertiary/aromatic N) is 3. The van der Waals surface area contributed by atoms with Gasteiger partial charge in [0, 0.05) is 36.6 Å². The summed E-state index contributed by atoms with van der Waals surface area (Å²) < 4.78 is 40.4. The lowest BCUT2D eigenvalue weighted by atomic mass is 10.0. The lowest BCUT2D eigenvalue weighted by molar-refractivity contribution is 0.101. The SMILES string of the molecule is COc1ccc(-c2cn3cc(C4=CCN(S(=O)(=O)c5ccc(C(C)=O)cc5)CC4)ccc3n2)cc1OC. The summed E-state index contributed by atoms with van der Waals surface area (Å²) in [5, 5.41) is 0. The maximum atomic E-state index is 13.1. The highest BCUT2D eigenvalue weighted by Gasteiger charge is 2.26. The summed E-state index contributed by atoms with van der Waals surface area (Å²) in [4.78, 5) is 16.4. The highest BCUT2D eigenvalue weighted by atomic mass is 32.2. The van der Waals surface area contributed by atoms with Gasteiger partial charge in [0.05, 0.1) is 24.8 Å². The monoisotopic (exact) mass is 517 g/mol. The smallest absolute Gasteiger partial charge is 0.243 e. The maximum absolute atomic E-state index is 13.1. The maximum Gasteiger partial charge on any atom is 0.243 e. The molecular formula is C28H27N3O5S. The number of benzene rings is 2. The number of rotatable bonds is 7. The third kappa shape index (κ3) is 4.75. The lowest BCUT2D eigenvalue weighted by Gasteiger charge is -2.26. The molecule has 0 radical (unpaired) electrons. The molecule has 0 aliphatic carbocycles. The number of imidazole rings is 1. The van der Waals surface area contributed by atoms with E-state index >= 15 is 0 Å². The molecule has 9 heteroatoms. The first-order valence-electron chi connectivity index (χ1n) is 11.8. The standard InChI is InChI=1S/C28H27N3O5S/c1-19(32)20-4-8-24(9-5-20)37(33,34)31-14-12-21(13-15-31)23-7-11-28-29-25(18-30(28)17-23)22-6-10-26(35-2)27(16-22)36-3/h4-12,16-18H,13-15H2,1-3H3. The Balaban J connectivity index is 1.36. The second-order valence-corrected chi connectivity index (χ2v) is 10.7. The van der Waals surface area contributed by atoms with Crippen molar-refractivity contribution >= 4 is 27.0 Å². The zero-order valence-corrected chi connectivity index (χ0v) is 21.7. The van der Waals surface area contributed by atoms with Crippen LogP contribution < -0.4 is 9.47 Å². The average Bonchev–Trinajstić information content (AvgIpc) is 3.36. The van der Waals surface area contributed by atoms with Crippen molar-refractivity contribution in [3.63, 3.8) is 0 Å². The van der Waals surface area contributed by atoms with E-state index in [2.05, 4.69) is 0 Å². The third-order valence-corrected chi connectivity index (χ3v) is 8.45. The fourth-order valence-electron chi connectivity index (χ4n) is 4.46. The second-order valence-electron chi connectivity index (χ2n) is 8.80. The summed E-state index contributed by atoms with van der Waals surface area (Å²) in [6.45, 7) is 2.12. The molecule has 0 spiro atoms. The van der Waals surface area contributed by atoms with Gasteiger partial charge in [-0.1, -0.05) is 18.2 Å². The first kappa shape index (κ1) is 24.7. The molecule has 8 nitrogen and oxygen atoms in total. The number of carbonyl (C=O) groups excluding carboxylic acids is 1. The van der Waals surface area contributed by atoms with Crippen molar-refractivity contribution in [2.24, 2.45) is 0 Å². The molecule has 0 N–H and O–H groups in total. The largest absolute Gasteiger partial charge is 0.493 e. The molecule has 0 saturated heterocycles. The predicted octanol–water partition coefficient (Wildman–Crippen LogP) is 4.70. The van der Waals surface area contributed by atoms with Crippen LogP contribution in [-0.2, 0) is 10.0 Å². The van der Waals surface area contributed by atoms with Gasteiger partial charge in [-0.05, 0) is 66.9 Å². The van der Waals surface area contributed by atoms with E-state index in [-0.39, 0.29) is 17.2 Å². The molecule has 2 aromatic carbocycles. The number of sulfonamides is 1. The van der Waals surface area contributed by atoms with E-state index in [4.69, 9.17) is 14.5 Å². The zero-order valence-electron chi connectivity index (χ0n) is 20.8. The van der Waals surface area contributed by atoms with Crippen LogP contribution in [0.25, 0.3) is 22.5 Å². The quantitative estimate of drug-likeness (QED) is 0.330. The fourth-order valence-corrected chi connectivity index (χ4v) is 5.84. The molecular weight excluding hydrogens is 490 g/mol. The van der Waals surface area contributed by atoms with Crippen LogP contribution in [0.1, 0.15) is 29.3 Å². The predicted molar refractivity (Wildman–Crippen MR) is 142 cm³/mol. The first-order chi connectivity index (χ1) is 17.8. The number of ether oxygens (including phenoxy) is 2. The van der Waals surface area contributed by atoms with E-state index in [1.54, 1.807) is 26.4 Å². The van der Waals surface area contributed by atoms with Crippen molar-refractivity contribution in [1.82, 2.24) is 13.7 Å². The average molecular weight is 518 g/mol. The Morgan fingerprint density at radius 3 is 2.30 bits per heavy atom. The number of methoxy groups -OCH3 is 2. The Labute approximate surface area is 215 Å². The minimum Gasteiger partial charge on any atom is -0.493 e. The van der Waals surface area contributed by atoms with Crippen LogP contribution in [0.5, 0.6) is 11.5 Å². The van der Waals surface area contributed by atoms with Gasteiger partial charge in [0.25, 0.3) is 0 Å². The molecule has 0 unspecified atom stereocenters. The highest BCUT2D eigenvalue weighted by Crippen LogP contribution is 2.32. The Kier molecular flexibility index (Phi) is 6.57. The molecule has 1 aliphatic heterocycles. The van der Waals surface area contributed by atoms with Crippen LogP contribution in [0.3, 0.4) is 0 Å². The summed E-state index contributed by atoms with van der Waals surface area (Å²) in [5.74, 6) is 1.20. The fraction of sp³-hybridized carbons (Fsp3) is 0.214. The van der Waals surface area contributed by atoms with Gasteiger partial charge in [0.2, 0.25) is 10.0 Å². The summed E-state index contributed by atoms with van der Waals surface area (Å²) in [6, 6.07) is 15.8. The number of hydrogen-bond donors (Lipinski definition) is 0. The van der Waals surface area contributed by atoms with Crippen LogP contribution in [0.2, 0.25) is 0 Å². The van der Waals surface area contributed by atoms with Crippen LogP contribution in [0, 0.1) is 0 Å². The van der Waals surface area contributed by atoms with Crippen LogP contribution >= 0.6 is 0 Å². The molecule has 0 fully saturated rings. The lowest BCUT2D eigenvalue weighted by Crippen LogP contribution is -2.34. The third-order valence-electron chi connectivity index (χ3n) is 6.57. The number of Topliss-reactive ketones (excluding diaryl/α,β-unsaturated/α-hetero) is 1. The van der Waals surface area contributed by atoms with Gasteiger partial charge in [-0.2, -0.15) is 4.31 Å². The molecule has 4 aromatic rings. The second kappa shape index (κ2) is 9.84. The van der Waals surface area contributed by atoms with Crippen molar-refractivity contribution < 1.29 is 22.7 Å². The molecule has 0 amide bonds. The molecule has 0 bridgehead atoms. The molecule has 37 heavy (non-hydrogen) atoms. The number of aromatic nitrogens is 2. The highest BCUT2D eigenvalue weighted by molar-refractivity contribution is 7.89. The molecule has 0 saturated carbocycles. The Morgan fingerprint density at radius 1 is 0.919 bits per heavy atom. The van der Waals surface area contributed by atoms with Crippen molar-refractivity contribution in [2.75, 3.05) is 27.3 Å². The van der Waals surface area contributed by atoms with Crippen molar-refractivity contribution in [2.45, 2.75) is 18.2 Å². The Hall–Kier alpha value is -3.95. The Bertz CT molecular complexity index is 1620. The molecule has 5 rings (SSSR count). The number of ketones is 1. The first-order valence-corrected chi connectivity index (χ1v) is 13.3. The van der Waals surface area contributed by atoms with E-state index in [0.717, 1.165) is 28.0 Å². The summed E-state index contributed by atoms with van der Waals surface area (Å²) in [6.07, 6.45) is 6.53. The van der Waals surface area contributed by atoms with Crippen molar-refractivity contribution in [1.29, 1.82) is 0 Å². The normalized spacial score (nSPS) is 14.4. The summed E-state index contributed by atoms with van der Waals surface area (Å²) >= 11 is 0. The van der Waals surface area contributed by atoms with E-state index in [1.165, 1.54) is 23.4 Å². The van der Waals surface area contributed by atoms with Crippen molar-refractivity contribution in [3.8, 4) is 22.8 Å². The van der Waals surface area contributed by atoms with E-state index in [1.807, 2.05) is 53.2 Å². The van der Waals surface area contributed by atoms with Gasteiger partial charge in [0.15, 0.2) is 17.3 Å². The summed E-state index contributed by atoms with van der Waals surface area (Å²) in [5.41, 5.74) is 5.13. The van der Waals surface area contributed by atoms with E-state index in [9.17, 15) is 13.2 Å². The van der Waals surface area contributed by atoms with Crippen LogP contribution in [0.15, 0.2) is 78.0 Å². The van der Waals surface area contributed by atoms with Crippen molar-refractivity contribution in [3.05, 3.63) is 84.2 Å². The van der Waals surface area contributed by atoms with Crippen LogP contribution in [-0.4, -0.2) is 55.2 Å². The topological polar surface area (TPSA) is 90.2 Å². The van der Waals surface area contributed by atoms with E-state index < -0.39 is 10.0 Å². The van der Waals surface area contributed by atoms with Gasteiger partial charge in [-0.25, -0.2) is 13.4 Å². The van der Waals surface area contributed by atoms with E-state index in [0.29, 0.717) is 30.0 Å². The molecule has 2 aromatic heterocycles. The number of pyridine rings is 1. The zero-order chi connectivity index (χ0) is 26.2. The van der Waals surface area contributed by atoms with Gasteiger partial charge >= 0.3 is 0 Å². The van der Waals surface area contributed by atoms with Gasteiger partial charge in [-0.3, -0.25) is 4.79 Å². The number of carbonyl (C=O) groups is 1. The minimum atomic E-state index is -3.64. The molecule has 3 heterocycles. The molecule has 0 atom stereocenters. The Morgan fingerprint density at radius 2 is 1.65 bits per heavy atom. The van der Waals surface area contributed by atoms with Gasteiger partial charge in [-0.15, -0.1) is 0 Å². The summed E-state index contributed by atoms with van der Waals surface area (Å²) in [7, 11) is -0.434. The van der Waals surface area contributed by atoms with Gasteiger partial charge < -0.3 is 13.9 Å². The molecule has 190 valence electrons. The number of hydrogen-bond acceptors (Lipinski definition) is 6. The molecule has 1 aliphatic rings. The number of fused-ring (bicyclic) bond motifs is 1. The van der Waals surface area contributed by atoms with Crippen LogP contribution in [0.4, 0.5) is 0 Å².